The van der Waals surface area contributed by atoms with Gasteiger partial charge in [0.1, 0.15) is 0 Å². The number of nitrogens with zero attached hydrogens (tertiary/aromatic N) is 4. The van der Waals surface area contributed by atoms with Crippen molar-refractivity contribution < 1.29 is 9.59 Å². The largest absolute Gasteiger partial charge is 0.336 e. The van der Waals surface area contributed by atoms with Gasteiger partial charge in [0.15, 0.2) is 0 Å². The zero-order chi connectivity index (χ0) is 15.7. The minimum absolute atomic E-state index is 0.00662. The van der Waals surface area contributed by atoms with E-state index in [4.69, 9.17) is 0 Å². The zero-order valence-corrected chi connectivity index (χ0v) is 13.2. The molecular weight excluding hydrogens is 280 g/mol. The molecule has 0 unspecified atom stereocenters. The molecule has 1 aromatic heterocycles. The number of hydrogen-bond acceptors (Lipinski definition) is 3. The van der Waals surface area contributed by atoms with Crippen LogP contribution in [0.5, 0.6) is 0 Å². The second-order valence-corrected chi connectivity index (χ2v) is 6.43. The number of rotatable bonds is 2. The normalized spacial score (nSPS) is 24.4. The lowest BCUT2D eigenvalue weighted by Gasteiger charge is -2.25. The molecule has 2 fully saturated rings. The van der Waals surface area contributed by atoms with E-state index in [0.29, 0.717) is 19.6 Å². The molecule has 2 aliphatic heterocycles. The molecule has 0 N–H and O–H groups in total. The van der Waals surface area contributed by atoms with Crippen LogP contribution < -0.4 is 0 Å². The number of urea groups is 1. The van der Waals surface area contributed by atoms with Crippen molar-refractivity contribution in [2.75, 3.05) is 33.7 Å². The Morgan fingerprint density at radius 1 is 1.32 bits per heavy atom. The fourth-order valence-corrected chi connectivity index (χ4v) is 3.43. The van der Waals surface area contributed by atoms with Gasteiger partial charge in [-0.25, -0.2) is 4.79 Å². The summed E-state index contributed by atoms with van der Waals surface area (Å²) in [5.74, 6) is 0.173. The Labute approximate surface area is 130 Å². The van der Waals surface area contributed by atoms with E-state index in [-0.39, 0.29) is 17.4 Å². The monoisotopic (exact) mass is 302 g/mol. The average Bonchev–Trinajstić information content (AvgIpc) is 3.08. The van der Waals surface area contributed by atoms with Crippen molar-refractivity contribution >= 4 is 11.9 Å². The maximum absolute atomic E-state index is 12.8. The Hall–Kier alpha value is -2.11. The number of aromatic nitrogens is 1. The minimum atomic E-state index is -0.375. The highest BCUT2D eigenvalue weighted by Crippen LogP contribution is 2.41. The van der Waals surface area contributed by atoms with Gasteiger partial charge in [0.2, 0.25) is 5.91 Å². The molecule has 3 amide bonds. The van der Waals surface area contributed by atoms with Crippen LogP contribution in [0.15, 0.2) is 24.4 Å². The summed E-state index contributed by atoms with van der Waals surface area (Å²) in [5.41, 5.74) is 0.535. The molecular formula is C16H22N4O2. The number of carbonyl (C=O) groups is 2. The van der Waals surface area contributed by atoms with E-state index in [1.54, 1.807) is 30.1 Å². The molecule has 0 radical (unpaired) electrons. The van der Waals surface area contributed by atoms with Gasteiger partial charge in [-0.3, -0.25) is 9.78 Å². The summed E-state index contributed by atoms with van der Waals surface area (Å²) in [6.07, 6.45) is 3.35. The highest BCUT2D eigenvalue weighted by molar-refractivity contribution is 5.87. The third-order valence-corrected chi connectivity index (χ3v) is 4.69. The lowest BCUT2D eigenvalue weighted by Crippen LogP contribution is -2.41. The van der Waals surface area contributed by atoms with Gasteiger partial charge in [-0.15, -0.1) is 0 Å². The van der Waals surface area contributed by atoms with Gasteiger partial charge in [-0.2, -0.15) is 0 Å². The summed E-state index contributed by atoms with van der Waals surface area (Å²) in [7, 11) is 3.49. The Kier molecular flexibility index (Phi) is 3.76. The summed E-state index contributed by atoms with van der Waals surface area (Å²) in [5, 5.41) is 0. The summed E-state index contributed by atoms with van der Waals surface area (Å²) in [6.45, 7) is 2.52. The van der Waals surface area contributed by atoms with Gasteiger partial charge in [-0.1, -0.05) is 6.07 Å². The summed E-state index contributed by atoms with van der Waals surface area (Å²) in [6, 6.07) is 5.74. The molecule has 6 nitrogen and oxygen atoms in total. The molecule has 1 aromatic rings. The van der Waals surface area contributed by atoms with Crippen molar-refractivity contribution in [3.63, 3.8) is 0 Å². The third-order valence-electron chi connectivity index (χ3n) is 4.69. The third kappa shape index (κ3) is 2.53. The first-order valence-electron chi connectivity index (χ1n) is 7.67. The molecule has 3 heterocycles. The van der Waals surface area contributed by atoms with Gasteiger partial charge in [0, 0.05) is 39.9 Å². The second kappa shape index (κ2) is 5.59. The van der Waals surface area contributed by atoms with E-state index in [9.17, 15) is 9.59 Å². The quantitative estimate of drug-likeness (QED) is 0.824. The van der Waals surface area contributed by atoms with Crippen molar-refractivity contribution in [2.45, 2.75) is 19.4 Å². The SMILES string of the molecule is CN(C)C(=O)N1CC[C@@]2(CCN(Cc3ccccn3)C2=O)C1. The first kappa shape index (κ1) is 14.8. The van der Waals surface area contributed by atoms with Crippen LogP contribution in [0.1, 0.15) is 18.5 Å². The molecule has 1 spiro atoms. The van der Waals surface area contributed by atoms with Gasteiger partial charge < -0.3 is 14.7 Å². The van der Waals surface area contributed by atoms with E-state index in [1.807, 2.05) is 23.1 Å². The predicted molar refractivity (Wildman–Crippen MR) is 82.0 cm³/mol. The van der Waals surface area contributed by atoms with Gasteiger partial charge in [0.25, 0.3) is 0 Å². The fraction of sp³-hybridized carbons (Fsp3) is 0.562. The fourth-order valence-electron chi connectivity index (χ4n) is 3.43. The molecule has 3 rings (SSSR count). The molecule has 0 aromatic carbocycles. The van der Waals surface area contributed by atoms with E-state index in [2.05, 4.69) is 4.98 Å². The highest BCUT2D eigenvalue weighted by atomic mass is 16.2. The smallest absolute Gasteiger partial charge is 0.319 e. The molecule has 0 saturated carbocycles. The van der Waals surface area contributed by atoms with Gasteiger partial charge in [0.05, 0.1) is 17.7 Å². The van der Waals surface area contributed by atoms with Crippen molar-refractivity contribution in [3.8, 4) is 0 Å². The molecule has 6 heteroatoms. The molecule has 0 aliphatic carbocycles. The Morgan fingerprint density at radius 3 is 2.77 bits per heavy atom. The number of likely N-dealkylation sites (tertiary alicyclic amines) is 2. The Bertz CT molecular complexity index is 575. The van der Waals surface area contributed by atoms with Crippen LogP contribution in [0.3, 0.4) is 0 Å². The Morgan fingerprint density at radius 2 is 2.09 bits per heavy atom. The van der Waals surface area contributed by atoms with Crippen LogP contribution in [0.2, 0.25) is 0 Å². The molecule has 2 saturated heterocycles. The Balaban J connectivity index is 1.68. The minimum Gasteiger partial charge on any atom is -0.336 e. The van der Waals surface area contributed by atoms with Crippen molar-refractivity contribution in [2.24, 2.45) is 5.41 Å². The number of carbonyl (C=O) groups excluding carboxylic acids is 2. The molecule has 1 atom stereocenters. The predicted octanol–water partition coefficient (Wildman–Crippen LogP) is 1.19. The highest BCUT2D eigenvalue weighted by Gasteiger charge is 2.51. The van der Waals surface area contributed by atoms with Crippen molar-refractivity contribution in [1.29, 1.82) is 0 Å². The summed E-state index contributed by atoms with van der Waals surface area (Å²) in [4.78, 5) is 34.4. The van der Waals surface area contributed by atoms with Crippen LogP contribution in [-0.2, 0) is 11.3 Å². The maximum Gasteiger partial charge on any atom is 0.319 e. The van der Waals surface area contributed by atoms with Crippen LogP contribution in [-0.4, -0.2) is 65.4 Å². The zero-order valence-electron chi connectivity index (χ0n) is 13.2. The molecule has 2 aliphatic rings. The number of amides is 3. The molecule has 22 heavy (non-hydrogen) atoms. The summed E-state index contributed by atoms with van der Waals surface area (Å²) < 4.78 is 0. The number of pyridine rings is 1. The van der Waals surface area contributed by atoms with Crippen molar-refractivity contribution in [1.82, 2.24) is 19.7 Å². The molecule has 0 bridgehead atoms. The second-order valence-electron chi connectivity index (χ2n) is 6.43. The average molecular weight is 302 g/mol. The first-order valence-corrected chi connectivity index (χ1v) is 7.67. The lowest BCUT2D eigenvalue weighted by atomic mass is 9.85. The van der Waals surface area contributed by atoms with E-state index in [1.165, 1.54) is 0 Å². The lowest BCUT2D eigenvalue weighted by molar-refractivity contribution is -0.136. The molecule has 118 valence electrons. The van der Waals surface area contributed by atoms with Gasteiger partial charge in [-0.05, 0) is 25.0 Å². The summed E-state index contributed by atoms with van der Waals surface area (Å²) >= 11 is 0. The van der Waals surface area contributed by atoms with Gasteiger partial charge >= 0.3 is 6.03 Å². The van der Waals surface area contributed by atoms with Crippen LogP contribution >= 0.6 is 0 Å². The van der Waals surface area contributed by atoms with E-state index >= 15 is 0 Å². The van der Waals surface area contributed by atoms with E-state index < -0.39 is 0 Å². The maximum atomic E-state index is 12.8. The standard InChI is InChI=1S/C16H22N4O2/c1-18(2)15(22)20-10-7-16(12-20)6-9-19(14(16)21)11-13-5-3-4-8-17-13/h3-5,8H,6-7,9-12H2,1-2H3/t16-/m0/s1. The van der Waals surface area contributed by atoms with Crippen LogP contribution in [0, 0.1) is 5.41 Å². The van der Waals surface area contributed by atoms with Crippen LogP contribution in [0.4, 0.5) is 4.79 Å². The van der Waals surface area contributed by atoms with Crippen molar-refractivity contribution in [3.05, 3.63) is 30.1 Å². The van der Waals surface area contributed by atoms with Crippen LogP contribution in [0.25, 0.3) is 0 Å². The topological polar surface area (TPSA) is 56.8 Å². The number of hydrogen-bond donors (Lipinski definition) is 0. The van der Waals surface area contributed by atoms with E-state index in [0.717, 1.165) is 25.1 Å². The first-order chi connectivity index (χ1) is 10.5.